The number of benzene rings is 1. The number of amides is 1. The van der Waals surface area contributed by atoms with Gasteiger partial charge in [-0.2, -0.15) is 0 Å². The summed E-state index contributed by atoms with van der Waals surface area (Å²) in [7, 11) is 0. The zero-order valence-corrected chi connectivity index (χ0v) is 14.9. The Morgan fingerprint density at radius 3 is 2.33 bits per heavy atom. The molecule has 0 atom stereocenters. The smallest absolute Gasteiger partial charge is 0.248 e. The molecule has 2 fully saturated rings. The highest BCUT2D eigenvalue weighted by Crippen LogP contribution is 2.23. The lowest BCUT2D eigenvalue weighted by molar-refractivity contribution is 0.00948. The van der Waals surface area contributed by atoms with Crippen molar-refractivity contribution < 1.29 is 9.53 Å². The molecule has 0 radical (unpaired) electrons. The van der Waals surface area contributed by atoms with Crippen molar-refractivity contribution in [2.75, 3.05) is 37.7 Å². The largest absolute Gasteiger partial charge is 0.378 e. The molecule has 24 heavy (non-hydrogen) atoms. The Hall–Kier alpha value is -1.30. The number of halogens is 1. The third kappa shape index (κ3) is 5.10. The van der Waals surface area contributed by atoms with E-state index in [1.807, 2.05) is 12.1 Å². The minimum absolute atomic E-state index is 0. The predicted octanol–water partition coefficient (Wildman–Crippen LogP) is 2.19. The lowest BCUT2D eigenvalue weighted by Gasteiger charge is -2.34. The summed E-state index contributed by atoms with van der Waals surface area (Å²) < 4.78 is 6.14. The molecule has 6 heteroatoms. The maximum absolute atomic E-state index is 11.1. The fraction of sp³-hybridized carbons (Fsp3) is 0.611. The van der Waals surface area contributed by atoms with Gasteiger partial charge >= 0.3 is 0 Å². The number of nitrogens with zero attached hydrogens (tertiary/aromatic N) is 1. The maximum atomic E-state index is 11.1. The first-order chi connectivity index (χ1) is 11.2. The lowest BCUT2D eigenvalue weighted by Crippen LogP contribution is -2.38. The zero-order chi connectivity index (χ0) is 16.1. The van der Waals surface area contributed by atoms with Crippen LogP contribution in [0.5, 0.6) is 0 Å². The summed E-state index contributed by atoms with van der Waals surface area (Å²) >= 11 is 0. The van der Waals surface area contributed by atoms with Crippen molar-refractivity contribution in [2.45, 2.75) is 31.8 Å². The molecule has 1 aromatic carbocycles. The average Bonchev–Trinajstić information content (AvgIpc) is 2.61. The second kappa shape index (κ2) is 9.25. The summed E-state index contributed by atoms with van der Waals surface area (Å²) in [4.78, 5) is 13.5. The Bertz CT molecular complexity index is 510. The van der Waals surface area contributed by atoms with E-state index in [-0.39, 0.29) is 18.3 Å². The van der Waals surface area contributed by atoms with Crippen molar-refractivity contribution >= 4 is 24.0 Å². The Morgan fingerprint density at radius 1 is 1.12 bits per heavy atom. The first-order valence-electron chi connectivity index (χ1n) is 8.69. The van der Waals surface area contributed by atoms with Crippen molar-refractivity contribution in [3.63, 3.8) is 0 Å². The Labute approximate surface area is 150 Å². The van der Waals surface area contributed by atoms with E-state index in [2.05, 4.69) is 10.2 Å². The Balaban J connectivity index is 0.00000208. The second-order valence-corrected chi connectivity index (χ2v) is 6.62. The molecule has 3 rings (SSSR count). The Morgan fingerprint density at radius 2 is 1.75 bits per heavy atom. The molecule has 0 aromatic heterocycles. The molecule has 3 N–H and O–H groups in total. The molecular formula is C18H28ClN3O2. The molecule has 0 spiro atoms. The highest BCUT2D eigenvalue weighted by atomic mass is 35.5. The number of ether oxygens (including phenoxy) is 1. The number of primary amides is 1. The molecule has 0 bridgehead atoms. The van der Waals surface area contributed by atoms with E-state index < -0.39 is 0 Å². The summed E-state index contributed by atoms with van der Waals surface area (Å²) in [5.74, 6) is 0.359. The van der Waals surface area contributed by atoms with Crippen LogP contribution in [0.2, 0.25) is 0 Å². The van der Waals surface area contributed by atoms with Gasteiger partial charge in [0.15, 0.2) is 0 Å². The van der Waals surface area contributed by atoms with Crippen molar-refractivity contribution in [3.8, 4) is 0 Å². The number of piperidine rings is 2. The minimum atomic E-state index is -0.374. The Kier molecular flexibility index (Phi) is 7.34. The first-order valence-corrected chi connectivity index (χ1v) is 8.69. The first kappa shape index (κ1) is 19.0. The molecule has 0 aliphatic carbocycles. The summed E-state index contributed by atoms with van der Waals surface area (Å²) in [5, 5.41) is 3.40. The summed E-state index contributed by atoms with van der Waals surface area (Å²) in [6, 6.07) is 7.57. The SMILES string of the molecule is Cl.NC(=O)c1ccc(N2CCC(OCC3CCNCC3)CC2)cc1. The van der Waals surface area contributed by atoms with Gasteiger partial charge in [-0.25, -0.2) is 0 Å². The molecule has 0 saturated carbocycles. The van der Waals surface area contributed by atoms with E-state index in [4.69, 9.17) is 10.5 Å². The van der Waals surface area contributed by atoms with Crippen molar-refractivity contribution in [3.05, 3.63) is 29.8 Å². The van der Waals surface area contributed by atoms with Crippen LogP contribution < -0.4 is 16.0 Å². The third-order valence-electron chi connectivity index (χ3n) is 4.99. The van der Waals surface area contributed by atoms with Gasteiger partial charge in [-0.1, -0.05) is 0 Å². The molecule has 1 aromatic rings. The van der Waals surface area contributed by atoms with Crippen molar-refractivity contribution in [1.82, 2.24) is 5.32 Å². The molecule has 1 amide bonds. The number of hydrogen-bond acceptors (Lipinski definition) is 4. The number of rotatable bonds is 5. The summed E-state index contributed by atoms with van der Waals surface area (Å²) in [6.45, 7) is 5.20. The normalized spacial score (nSPS) is 19.8. The third-order valence-corrected chi connectivity index (χ3v) is 4.99. The quantitative estimate of drug-likeness (QED) is 0.851. The van der Waals surface area contributed by atoms with Crippen LogP contribution in [0.15, 0.2) is 24.3 Å². The van der Waals surface area contributed by atoms with Gasteiger partial charge in [-0.15, -0.1) is 12.4 Å². The second-order valence-electron chi connectivity index (χ2n) is 6.62. The predicted molar refractivity (Wildman–Crippen MR) is 99.0 cm³/mol. The minimum Gasteiger partial charge on any atom is -0.378 e. The molecule has 0 unspecified atom stereocenters. The van der Waals surface area contributed by atoms with Crippen LogP contribution in [0.1, 0.15) is 36.0 Å². The van der Waals surface area contributed by atoms with E-state index in [1.165, 1.54) is 12.8 Å². The van der Waals surface area contributed by atoms with E-state index >= 15 is 0 Å². The van der Waals surface area contributed by atoms with E-state index in [1.54, 1.807) is 12.1 Å². The molecular weight excluding hydrogens is 326 g/mol. The summed E-state index contributed by atoms with van der Waals surface area (Å²) in [6.07, 6.45) is 5.02. The van der Waals surface area contributed by atoms with Crippen molar-refractivity contribution in [2.24, 2.45) is 11.7 Å². The van der Waals surface area contributed by atoms with Crippen LogP contribution >= 0.6 is 12.4 Å². The molecule has 2 aliphatic heterocycles. The van der Waals surface area contributed by atoms with Crippen LogP contribution in [0, 0.1) is 5.92 Å². The molecule has 2 heterocycles. The van der Waals surface area contributed by atoms with E-state index in [9.17, 15) is 4.79 Å². The monoisotopic (exact) mass is 353 g/mol. The number of carbonyl (C=O) groups excluding carboxylic acids is 1. The van der Waals surface area contributed by atoms with Gasteiger partial charge in [0.2, 0.25) is 5.91 Å². The lowest BCUT2D eigenvalue weighted by atomic mass is 9.99. The van der Waals surface area contributed by atoms with Gasteiger partial charge in [0.25, 0.3) is 0 Å². The van der Waals surface area contributed by atoms with Gasteiger partial charge in [-0.3, -0.25) is 4.79 Å². The zero-order valence-electron chi connectivity index (χ0n) is 14.1. The van der Waals surface area contributed by atoms with Crippen LogP contribution in [0.25, 0.3) is 0 Å². The number of anilines is 1. The molecule has 2 saturated heterocycles. The average molecular weight is 354 g/mol. The number of nitrogens with two attached hydrogens (primary N) is 1. The highest BCUT2D eigenvalue weighted by molar-refractivity contribution is 5.93. The number of hydrogen-bond donors (Lipinski definition) is 2. The number of nitrogens with one attached hydrogen (secondary N) is 1. The van der Waals surface area contributed by atoms with Gasteiger partial charge in [0.05, 0.1) is 6.10 Å². The molecule has 5 nitrogen and oxygen atoms in total. The van der Waals surface area contributed by atoms with Gasteiger partial charge in [-0.05, 0) is 69.0 Å². The topological polar surface area (TPSA) is 67.6 Å². The summed E-state index contributed by atoms with van der Waals surface area (Å²) in [5.41, 5.74) is 7.01. The van der Waals surface area contributed by atoms with Crippen LogP contribution in [0.3, 0.4) is 0 Å². The molecule has 134 valence electrons. The van der Waals surface area contributed by atoms with Crippen LogP contribution in [0.4, 0.5) is 5.69 Å². The highest BCUT2D eigenvalue weighted by Gasteiger charge is 2.22. The van der Waals surface area contributed by atoms with E-state index in [0.717, 1.165) is 57.2 Å². The maximum Gasteiger partial charge on any atom is 0.248 e. The van der Waals surface area contributed by atoms with Gasteiger partial charge in [0.1, 0.15) is 0 Å². The fourth-order valence-corrected chi connectivity index (χ4v) is 3.44. The molecule has 2 aliphatic rings. The fourth-order valence-electron chi connectivity index (χ4n) is 3.44. The van der Waals surface area contributed by atoms with Crippen LogP contribution in [-0.4, -0.2) is 44.8 Å². The van der Waals surface area contributed by atoms with Gasteiger partial charge in [0, 0.05) is 30.9 Å². The standard InChI is InChI=1S/C18H27N3O2.ClH/c19-18(22)15-1-3-16(4-2-15)21-11-7-17(8-12-21)23-13-14-5-9-20-10-6-14;/h1-4,14,17,20H,5-13H2,(H2,19,22);1H. The number of carbonyl (C=O) groups is 1. The van der Waals surface area contributed by atoms with Crippen LogP contribution in [-0.2, 0) is 4.74 Å². The van der Waals surface area contributed by atoms with Crippen molar-refractivity contribution in [1.29, 1.82) is 0 Å². The van der Waals surface area contributed by atoms with E-state index in [0.29, 0.717) is 11.7 Å². The van der Waals surface area contributed by atoms with Gasteiger partial charge < -0.3 is 20.7 Å².